The highest BCUT2D eigenvalue weighted by atomic mass is 19.1. The Bertz CT molecular complexity index is 518. The van der Waals surface area contributed by atoms with Gasteiger partial charge >= 0.3 is 6.09 Å². The Kier molecular flexibility index (Phi) is 4.79. The number of carbonyl (C=O) groups is 1. The first-order valence-electron chi connectivity index (χ1n) is 6.83. The number of carbonyl (C=O) groups excluding carboxylic acids is 1. The summed E-state index contributed by atoms with van der Waals surface area (Å²) in [5, 5.41) is 0. The molecule has 0 unspecified atom stereocenters. The van der Waals surface area contributed by atoms with E-state index in [0.717, 1.165) is 17.5 Å². The van der Waals surface area contributed by atoms with Crippen molar-refractivity contribution >= 4 is 11.8 Å². The number of halogens is 1. The van der Waals surface area contributed by atoms with Gasteiger partial charge in [0, 0.05) is 7.05 Å². The maximum atomic E-state index is 14.0. The van der Waals surface area contributed by atoms with Crippen molar-refractivity contribution in [2.75, 3.05) is 11.9 Å². The molecule has 0 saturated heterocycles. The molecule has 20 heavy (non-hydrogen) atoms. The maximum absolute atomic E-state index is 14.0. The molecule has 1 aromatic rings. The molecule has 1 aromatic carbocycles. The average Bonchev–Trinajstić information content (AvgIpc) is 2.31. The second-order valence-corrected chi connectivity index (χ2v) is 6.00. The highest BCUT2D eigenvalue weighted by molar-refractivity contribution is 5.88. The summed E-state index contributed by atoms with van der Waals surface area (Å²) in [5.41, 5.74) is 2.48. The van der Waals surface area contributed by atoms with Gasteiger partial charge in [-0.15, -0.1) is 0 Å². The molecule has 0 aliphatic carbocycles. The first-order valence-corrected chi connectivity index (χ1v) is 6.83. The molecular weight excluding hydrogens is 257 g/mol. The van der Waals surface area contributed by atoms with Crippen LogP contribution in [0.4, 0.5) is 14.9 Å². The van der Waals surface area contributed by atoms with Gasteiger partial charge in [-0.3, -0.25) is 4.90 Å². The number of amides is 1. The topological polar surface area (TPSA) is 29.5 Å². The molecule has 0 aromatic heterocycles. The van der Waals surface area contributed by atoms with Gasteiger partial charge in [0.1, 0.15) is 11.4 Å². The molecule has 0 bridgehead atoms. The minimum absolute atomic E-state index is 0.294. The quantitative estimate of drug-likeness (QED) is 0.805. The van der Waals surface area contributed by atoms with Gasteiger partial charge in [0.2, 0.25) is 0 Å². The molecule has 0 aliphatic rings. The van der Waals surface area contributed by atoms with Gasteiger partial charge in [-0.1, -0.05) is 6.92 Å². The van der Waals surface area contributed by atoms with Gasteiger partial charge < -0.3 is 4.74 Å². The van der Waals surface area contributed by atoms with Crippen molar-refractivity contribution in [3.8, 4) is 0 Å². The van der Waals surface area contributed by atoms with Crippen LogP contribution in [0.15, 0.2) is 6.07 Å². The summed E-state index contributed by atoms with van der Waals surface area (Å²) in [6.45, 7) is 11.1. The van der Waals surface area contributed by atoms with E-state index in [-0.39, 0.29) is 5.82 Å². The molecule has 0 heterocycles. The highest BCUT2D eigenvalue weighted by Crippen LogP contribution is 2.29. The molecule has 1 amide bonds. The van der Waals surface area contributed by atoms with E-state index < -0.39 is 11.7 Å². The van der Waals surface area contributed by atoms with E-state index in [1.165, 1.54) is 11.0 Å². The molecule has 0 spiro atoms. The third-order valence-corrected chi connectivity index (χ3v) is 3.29. The molecule has 112 valence electrons. The van der Waals surface area contributed by atoms with Crippen molar-refractivity contribution in [2.24, 2.45) is 0 Å². The molecular formula is C16H24FNO2. The smallest absolute Gasteiger partial charge is 0.414 e. The summed E-state index contributed by atoms with van der Waals surface area (Å²) in [6.07, 6.45) is 0.246. The molecule has 1 rings (SSSR count). The number of ether oxygens (including phenoxy) is 1. The van der Waals surface area contributed by atoms with Crippen LogP contribution in [0, 0.1) is 19.7 Å². The Hall–Kier alpha value is -1.58. The zero-order chi connectivity index (χ0) is 15.7. The minimum Gasteiger partial charge on any atom is -0.443 e. The van der Waals surface area contributed by atoms with Crippen molar-refractivity contribution in [3.63, 3.8) is 0 Å². The number of benzene rings is 1. The minimum atomic E-state index is -0.573. The van der Waals surface area contributed by atoms with Crippen molar-refractivity contribution < 1.29 is 13.9 Å². The van der Waals surface area contributed by atoms with Crippen LogP contribution in [-0.2, 0) is 11.2 Å². The van der Waals surface area contributed by atoms with Crippen LogP contribution in [-0.4, -0.2) is 18.7 Å². The van der Waals surface area contributed by atoms with Crippen molar-refractivity contribution in [1.82, 2.24) is 0 Å². The Morgan fingerprint density at radius 1 is 1.30 bits per heavy atom. The first kappa shape index (κ1) is 16.5. The van der Waals surface area contributed by atoms with E-state index in [1.54, 1.807) is 34.7 Å². The van der Waals surface area contributed by atoms with E-state index in [1.807, 2.05) is 13.8 Å². The van der Waals surface area contributed by atoms with Gasteiger partial charge in [-0.05, 0) is 63.8 Å². The fourth-order valence-corrected chi connectivity index (χ4v) is 2.22. The summed E-state index contributed by atoms with van der Waals surface area (Å²) >= 11 is 0. The molecule has 4 heteroatoms. The average molecular weight is 281 g/mol. The molecule has 0 fully saturated rings. The number of anilines is 1. The van der Waals surface area contributed by atoms with E-state index >= 15 is 0 Å². The van der Waals surface area contributed by atoms with Crippen LogP contribution in [0.25, 0.3) is 0 Å². The Labute approximate surface area is 120 Å². The van der Waals surface area contributed by atoms with Crippen LogP contribution < -0.4 is 4.90 Å². The fraction of sp³-hybridized carbons (Fsp3) is 0.562. The molecule has 0 N–H and O–H groups in total. The Morgan fingerprint density at radius 2 is 1.85 bits per heavy atom. The van der Waals surface area contributed by atoms with Crippen molar-refractivity contribution in [1.29, 1.82) is 0 Å². The molecule has 0 saturated carbocycles. The lowest BCUT2D eigenvalue weighted by Crippen LogP contribution is -2.34. The number of hydrogen-bond donors (Lipinski definition) is 0. The van der Waals surface area contributed by atoms with Gasteiger partial charge in [-0.25, -0.2) is 9.18 Å². The lowest BCUT2D eigenvalue weighted by atomic mass is 9.98. The second-order valence-electron chi connectivity index (χ2n) is 6.00. The standard InChI is InChI=1S/C16H24FNO2/c1-8-12-10(2)13(17)9-14(11(12)3)18(7)15(19)20-16(4,5)6/h9H,8H2,1-7H3. The lowest BCUT2D eigenvalue weighted by molar-refractivity contribution is 0.0589. The molecule has 0 radical (unpaired) electrons. The Balaban J connectivity index is 3.20. The fourth-order valence-electron chi connectivity index (χ4n) is 2.22. The van der Waals surface area contributed by atoms with Crippen LogP contribution in [0.5, 0.6) is 0 Å². The first-order chi connectivity index (χ1) is 9.08. The third kappa shape index (κ3) is 3.50. The zero-order valence-corrected chi connectivity index (χ0v) is 13.4. The van der Waals surface area contributed by atoms with Crippen LogP contribution in [0.3, 0.4) is 0 Å². The number of rotatable bonds is 2. The number of hydrogen-bond acceptors (Lipinski definition) is 2. The highest BCUT2D eigenvalue weighted by Gasteiger charge is 2.23. The predicted molar refractivity (Wildman–Crippen MR) is 79.9 cm³/mol. The largest absolute Gasteiger partial charge is 0.443 e. The van der Waals surface area contributed by atoms with Crippen LogP contribution in [0.2, 0.25) is 0 Å². The Morgan fingerprint density at radius 3 is 2.30 bits per heavy atom. The molecule has 3 nitrogen and oxygen atoms in total. The summed E-state index contributed by atoms with van der Waals surface area (Å²) in [5.74, 6) is -0.294. The molecule has 0 aliphatic heterocycles. The van der Waals surface area contributed by atoms with Gasteiger partial charge in [-0.2, -0.15) is 0 Å². The summed E-state index contributed by atoms with van der Waals surface area (Å²) in [4.78, 5) is 13.5. The van der Waals surface area contributed by atoms with E-state index in [2.05, 4.69) is 0 Å². The van der Waals surface area contributed by atoms with E-state index in [9.17, 15) is 9.18 Å². The predicted octanol–water partition coefficient (Wildman–Crippen LogP) is 4.38. The van der Waals surface area contributed by atoms with Gasteiger partial charge in [0.05, 0.1) is 5.69 Å². The van der Waals surface area contributed by atoms with Gasteiger partial charge in [0.15, 0.2) is 0 Å². The van der Waals surface area contributed by atoms with Crippen LogP contribution >= 0.6 is 0 Å². The lowest BCUT2D eigenvalue weighted by Gasteiger charge is -2.26. The summed E-state index contributed by atoms with van der Waals surface area (Å²) < 4.78 is 19.3. The number of nitrogens with zero attached hydrogens (tertiary/aromatic N) is 1. The third-order valence-electron chi connectivity index (χ3n) is 3.29. The van der Waals surface area contributed by atoms with E-state index in [4.69, 9.17) is 4.74 Å². The van der Waals surface area contributed by atoms with Gasteiger partial charge in [0.25, 0.3) is 0 Å². The van der Waals surface area contributed by atoms with Crippen LogP contribution in [0.1, 0.15) is 44.4 Å². The molecule has 0 atom stereocenters. The summed E-state index contributed by atoms with van der Waals surface area (Å²) in [6, 6.07) is 1.40. The zero-order valence-electron chi connectivity index (χ0n) is 13.4. The maximum Gasteiger partial charge on any atom is 0.414 e. The van der Waals surface area contributed by atoms with Crippen molar-refractivity contribution in [2.45, 2.75) is 53.6 Å². The van der Waals surface area contributed by atoms with E-state index in [0.29, 0.717) is 11.3 Å². The summed E-state index contributed by atoms with van der Waals surface area (Å²) in [7, 11) is 1.60. The normalized spacial score (nSPS) is 11.4. The van der Waals surface area contributed by atoms with Crippen molar-refractivity contribution in [3.05, 3.63) is 28.6 Å². The SMILES string of the molecule is CCc1c(C)c(F)cc(N(C)C(=O)OC(C)(C)C)c1C. The second kappa shape index (κ2) is 5.81. The monoisotopic (exact) mass is 281 g/mol.